The van der Waals surface area contributed by atoms with Gasteiger partial charge in [0.1, 0.15) is 0 Å². The van der Waals surface area contributed by atoms with Crippen LogP contribution in [0, 0.1) is 0 Å². The van der Waals surface area contributed by atoms with E-state index in [2.05, 4.69) is 36.4 Å². The predicted octanol–water partition coefficient (Wildman–Crippen LogP) is 7.19. The van der Waals surface area contributed by atoms with E-state index in [1.54, 1.807) is 0 Å². The fraction of sp³-hybridized carbons (Fsp3) is 0.100. The number of rotatable bonds is 4. The third-order valence-corrected chi connectivity index (χ3v) is 4.88. The van der Waals surface area contributed by atoms with Crippen molar-refractivity contribution in [2.45, 2.75) is 5.38 Å². The summed E-state index contributed by atoms with van der Waals surface area (Å²) >= 11 is 18.4. The maximum Gasteiger partial charge on any atom is 0.0727 e. The van der Waals surface area contributed by atoms with Crippen molar-refractivity contribution in [2.75, 3.05) is 5.88 Å². The van der Waals surface area contributed by atoms with Crippen molar-refractivity contribution < 1.29 is 0 Å². The Bertz CT molecular complexity index is 780. The summed E-state index contributed by atoms with van der Waals surface area (Å²) in [6, 6.07) is 24.5. The first-order valence-electron chi connectivity index (χ1n) is 7.34. The van der Waals surface area contributed by atoms with Gasteiger partial charge in [-0.3, -0.25) is 0 Å². The Morgan fingerprint density at radius 3 is 2.00 bits per heavy atom. The first-order valence-corrected chi connectivity index (χ1v) is 8.69. The van der Waals surface area contributed by atoms with Gasteiger partial charge in [0.05, 0.1) is 5.38 Å². The average molecular weight is 362 g/mol. The minimum absolute atomic E-state index is 0.265. The van der Waals surface area contributed by atoms with Crippen molar-refractivity contribution in [2.24, 2.45) is 0 Å². The zero-order valence-electron chi connectivity index (χ0n) is 12.3. The molecule has 0 heterocycles. The molecule has 0 amide bonds. The standard InChI is InChI=1S/C20H15Cl3/c21-13-20(23)19-12-17(22)10-11-18(19)16-8-6-15(7-9-16)14-4-2-1-3-5-14/h1-12,20H,13H2. The molecule has 23 heavy (non-hydrogen) atoms. The molecule has 0 nitrogen and oxygen atoms in total. The molecule has 1 atom stereocenters. The first-order chi connectivity index (χ1) is 11.2. The predicted molar refractivity (Wildman–Crippen MR) is 102 cm³/mol. The van der Waals surface area contributed by atoms with Crippen LogP contribution in [-0.2, 0) is 0 Å². The van der Waals surface area contributed by atoms with Crippen LogP contribution in [0.3, 0.4) is 0 Å². The highest BCUT2D eigenvalue weighted by Crippen LogP contribution is 2.35. The van der Waals surface area contributed by atoms with Crippen molar-refractivity contribution in [3.8, 4) is 22.3 Å². The molecule has 0 radical (unpaired) electrons. The van der Waals surface area contributed by atoms with E-state index in [1.165, 1.54) is 11.1 Å². The van der Waals surface area contributed by atoms with Crippen LogP contribution < -0.4 is 0 Å². The summed E-state index contributed by atoms with van der Waals surface area (Å²) in [5.41, 5.74) is 5.51. The van der Waals surface area contributed by atoms with E-state index in [4.69, 9.17) is 34.8 Å². The molecule has 3 aromatic rings. The lowest BCUT2D eigenvalue weighted by atomic mass is 9.96. The number of hydrogen-bond acceptors (Lipinski definition) is 0. The van der Waals surface area contributed by atoms with Gasteiger partial charge in [-0.05, 0) is 39.9 Å². The SMILES string of the molecule is ClCC(Cl)c1cc(Cl)ccc1-c1ccc(-c2ccccc2)cc1. The van der Waals surface area contributed by atoms with E-state index in [9.17, 15) is 0 Å². The fourth-order valence-corrected chi connectivity index (χ4v) is 3.14. The second kappa shape index (κ2) is 7.40. The number of alkyl halides is 2. The molecule has 0 spiro atoms. The topological polar surface area (TPSA) is 0 Å². The molecule has 3 heteroatoms. The van der Waals surface area contributed by atoms with Gasteiger partial charge in [0.25, 0.3) is 0 Å². The van der Waals surface area contributed by atoms with E-state index in [-0.39, 0.29) is 5.38 Å². The first kappa shape index (κ1) is 16.4. The Labute approximate surface area is 151 Å². The van der Waals surface area contributed by atoms with E-state index < -0.39 is 0 Å². The Kier molecular flexibility index (Phi) is 5.27. The zero-order chi connectivity index (χ0) is 16.2. The lowest BCUT2D eigenvalue weighted by molar-refractivity contribution is 1.10. The summed E-state index contributed by atoms with van der Waals surface area (Å²) in [6.45, 7) is 0. The molecule has 0 fully saturated rings. The van der Waals surface area contributed by atoms with E-state index in [0.29, 0.717) is 10.9 Å². The zero-order valence-corrected chi connectivity index (χ0v) is 14.6. The van der Waals surface area contributed by atoms with Gasteiger partial charge >= 0.3 is 0 Å². The highest BCUT2D eigenvalue weighted by atomic mass is 35.5. The van der Waals surface area contributed by atoms with Gasteiger partial charge in [-0.1, -0.05) is 72.3 Å². The molecule has 1 unspecified atom stereocenters. The van der Waals surface area contributed by atoms with Gasteiger partial charge in [0.15, 0.2) is 0 Å². The molecule has 0 N–H and O–H groups in total. The fourth-order valence-electron chi connectivity index (χ4n) is 2.61. The van der Waals surface area contributed by atoms with Crippen LogP contribution in [0.5, 0.6) is 0 Å². The highest BCUT2D eigenvalue weighted by molar-refractivity contribution is 6.31. The largest absolute Gasteiger partial charge is 0.125 e. The molecule has 116 valence electrons. The lowest BCUT2D eigenvalue weighted by Gasteiger charge is -2.14. The molecule has 3 aromatic carbocycles. The van der Waals surface area contributed by atoms with Crippen LogP contribution >= 0.6 is 34.8 Å². The molecular weight excluding hydrogens is 347 g/mol. The van der Waals surface area contributed by atoms with E-state index in [0.717, 1.165) is 16.7 Å². The molecular formula is C20H15Cl3. The third kappa shape index (κ3) is 3.72. The van der Waals surface area contributed by atoms with Crippen LogP contribution in [0.4, 0.5) is 0 Å². The lowest BCUT2D eigenvalue weighted by Crippen LogP contribution is -1.95. The quantitative estimate of drug-likeness (QED) is 0.431. The minimum atomic E-state index is -0.265. The van der Waals surface area contributed by atoms with E-state index in [1.807, 2.05) is 36.4 Å². The van der Waals surface area contributed by atoms with Crippen LogP contribution in [-0.4, -0.2) is 5.88 Å². The molecule has 0 aliphatic rings. The normalized spacial score (nSPS) is 12.1. The summed E-state index contributed by atoms with van der Waals surface area (Å²) in [7, 11) is 0. The van der Waals surface area contributed by atoms with Gasteiger partial charge in [-0.2, -0.15) is 0 Å². The molecule has 0 aliphatic carbocycles. The minimum Gasteiger partial charge on any atom is -0.125 e. The number of hydrogen-bond donors (Lipinski definition) is 0. The summed E-state index contributed by atoms with van der Waals surface area (Å²) in [5.74, 6) is 0.344. The van der Waals surface area contributed by atoms with Crippen molar-refractivity contribution in [1.82, 2.24) is 0 Å². The average Bonchev–Trinajstić information content (AvgIpc) is 2.62. The maximum absolute atomic E-state index is 6.35. The van der Waals surface area contributed by atoms with Gasteiger partial charge in [-0.15, -0.1) is 23.2 Å². The van der Waals surface area contributed by atoms with Gasteiger partial charge in [0, 0.05) is 10.9 Å². The number of benzene rings is 3. The van der Waals surface area contributed by atoms with Gasteiger partial charge in [-0.25, -0.2) is 0 Å². The monoisotopic (exact) mass is 360 g/mol. The summed E-state index contributed by atoms with van der Waals surface area (Å²) in [5, 5.41) is 0.402. The van der Waals surface area contributed by atoms with Crippen LogP contribution in [0.1, 0.15) is 10.9 Å². The second-order valence-electron chi connectivity index (χ2n) is 5.30. The van der Waals surface area contributed by atoms with Gasteiger partial charge < -0.3 is 0 Å². The third-order valence-electron chi connectivity index (χ3n) is 3.79. The Morgan fingerprint density at radius 1 is 0.739 bits per heavy atom. The molecule has 0 bridgehead atoms. The van der Waals surface area contributed by atoms with Crippen LogP contribution in [0.15, 0.2) is 72.8 Å². The van der Waals surface area contributed by atoms with E-state index >= 15 is 0 Å². The number of halogens is 3. The highest BCUT2D eigenvalue weighted by Gasteiger charge is 2.14. The summed E-state index contributed by atoms with van der Waals surface area (Å²) in [4.78, 5) is 0. The van der Waals surface area contributed by atoms with Crippen LogP contribution in [0.25, 0.3) is 22.3 Å². The Hall–Kier alpha value is -1.47. The van der Waals surface area contributed by atoms with Crippen molar-refractivity contribution in [3.05, 3.63) is 83.4 Å². The maximum atomic E-state index is 6.35. The molecule has 0 aliphatic heterocycles. The summed E-state index contributed by atoms with van der Waals surface area (Å²) < 4.78 is 0. The van der Waals surface area contributed by atoms with Crippen molar-refractivity contribution in [3.63, 3.8) is 0 Å². The molecule has 0 saturated heterocycles. The Balaban J connectivity index is 2.00. The molecule has 0 saturated carbocycles. The van der Waals surface area contributed by atoms with Crippen LogP contribution in [0.2, 0.25) is 5.02 Å². The van der Waals surface area contributed by atoms with Gasteiger partial charge in [0.2, 0.25) is 0 Å². The molecule has 3 rings (SSSR count). The smallest absolute Gasteiger partial charge is 0.0727 e. The second-order valence-corrected chi connectivity index (χ2v) is 6.57. The van der Waals surface area contributed by atoms with Crippen molar-refractivity contribution >= 4 is 34.8 Å². The Morgan fingerprint density at radius 2 is 1.35 bits per heavy atom. The molecule has 0 aromatic heterocycles. The summed E-state index contributed by atoms with van der Waals surface area (Å²) in [6.07, 6.45) is 0. The van der Waals surface area contributed by atoms with Crippen molar-refractivity contribution in [1.29, 1.82) is 0 Å².